The second kappa shape index (κ2) is 7.38. The molecule has 2 N–H and O–H groups in total. The lowest BCUT2D eigenvalue weighted by Crippen LogP contribution is -2.30. The van der Waals surface area contributed by atoms with Crippen molar-refractivity contribution >= 4 is 50.0 Å². The fraction of sp³-hybridized carbons (Fsp3) is 0.0556. The number of halogens is 3. The lowest BCUT2D eigenvalue weighted by molar-refractivity contribution is 0.0978. The van der Waals surface area contributed by atoms with Crippen molar-refractivity contribution < 1.29 is 17.6 Å². The van der Waals surface area contributed by atoms with Crippen molar-refractivity contribution in [1.29, 1.82) is 0 Å². The Hall–Kier alpha value is -2.95. The van der Waals surface area contributed by atoms with E-state index in [1.165, 1.54) is 4.68 Å². The maximum Gasteiger partial charge on any atom is 0.267 e. The molecule has 1 amide bonds. The number of carbonyl (C=O) groups excluding carboxylic acids is 1. The number of aromatic nitrogens is 4. The highest BCUT2D eigenvalue weighted by Gasteiger charge is 2.21. The number of amides is 1. The van der Waals surface area contributed by atoms with Crippen LogP contribution in [0.5, 0.6) is 0 Å². The summed E-state index contributed by atoms with van der Waals surface area (Å²) in [5, 5.41) is 12.3. The van der Waals surface area contributed by atoms with Gasteiger partial charge in [-0.25, -0.2) is 22.2 Å². The lowest BCUT2D eigenvalue weighted by atomic mass is 10.1. The predicted octanol–water partition coefficient (Wildman–Crippen LogP) is 3.55. The van der Waals surface area contributed by atoms with Crippen LogP contribution in [0.1, 0.15) is 10.4 Å². The second-order valence-electron chi connectivity index (χ2n) is 6.40. The number of sulfonamides is 1. The van der Waals surface area contributed by atoms with E-state index in [0.29, 0.717) is 27.2 Å². The van der Waals surface area contributed by atoms with Crippen LogP contribution in [0.3, 0.4) is 0 Å². The minimum Gasteiger partial charge on any atom is -0.285 e. The van der Waals surface area contributed by atoms with Crippen LogP contribution in [-0.4, -0.2) is 40.6 Å². The molecule has 0 aliphatic carbocycles. The summed E-state index contributed by atoms with van der Waals surface area (Å²) in [5.41, 5.74) is 1.46. The topological polar surface area (TPSA) is 110 Å². The van der Waals surface area contributed by atoms with Gasteiger partial charge in [0, 0.05) is 28.2 Å². The fourth-order valence-corrected chi connectivity index (χ4v) is 3.83. The fourth-order valence-electron chi connectivity index (χ4n) is 2.96. The van der Waals surface area contributed by atoms with Crippen molar-refractivity contribution in [3.05, 3.63) is 64.2 Å². The number of nitrogens with zero attached hydrogens (tertiary/aromatic N) is 3. The van der Waals surface area contributed by atoms with Gasteiger partial charge >= 0.3 is 0 Å². The Morgan fingerprint density at radius 3 is 2.67 bits per heavy atom. The van der Waals surface area contributed by atoms with Crippen LogP contribution in [0.2, 0.25) is 10.0 Å². The van der Waals surface area contributed by atoms with Crippen LogP contribution in [0.15, 0.2) is 42.7 Å². The molecule has 0 spiro atoms. The number of hydrogen-bond donors (Lipinski definition) is 2. The normalized spacial score (nSPS) is 11.7. The molecule has 0 fully saturated rings. The molecular formula is C18H12Cl2FN5O3S. The van der Waals surface area contributed by atoms with Gasteiger partial charge in [0.25, 0.3) is 5.91 Å². The van der Waals surface area contributed by atoms with Crippen LogP contribution in [0.4, 0.5) is 4.39 Å². The highest BCUT2D eigenvalue weighted by atomic mass is 35.5. The molecule has 2 aromatic heterocycles. The number of carbonyl (C=O) groups is 1. The minimum atomic E-state index is -3.87. The van der Waals surface area contributed by atoms with Gasteiger partial charge in [0.1, 0.15) is 11.5 Å². The molecule has 4 aromatic rings. The standard InChI is InChI=1S/C18H12Cl2FN5O3S/c1-30(28,29)25-18(27)11-5-13(20)16(6-14(11)21)26-15-3-2-10(19)4-12(15)17(24-26)9-7-22-23-8-9/h2-8H,1H3,(H,22,23)(H,25,27). The highest BCUT2D eigenvalue weighted by Crippen LogP contribution is 2.34. The number of benzene rings is 2. The molecule has 0 aliphatic heterocycles. The molecule has 30 heavy (non-hydrogen) atoms. The molecule has 4 rings (SSSR count). The van der Waals surface area contributed by atoms with E-state index in [2.05, 4.69) is 15.3 Å². The SMILES string of the molecule is CS(=O)(=O)NC(=O)c1cc(Cl)c(-n2nc(-c3cn[nH]c3)c3cc(Cl)ccc32)cc1F. The summed E-state index contributed by atoms with van der Waals surface area (Å²) in [7, 11) is -3.87. The molecule has 0 saturated carbocycles. The van der Waals surface area contributed by atoms with Crippen molar-refractivity contribution in [2.75, 3.05) is 6.26 Å². The molecular weight excluding hydrogens is 456 g/mol. The summed E-state index contributed by atoms with van der Waals surface area (Å²) in [4.78, 5) is 12.1. The van der Waals surface area contributed by atoms with Crippen molar-refractivity contribution in [3.63, 3.8) is 0 Å². The first kappa shape index (κ1) is 20.3. The average Bonchev–Trinajstić information content (AvgIpc) is 3.29. The van der Waals surface area contributed by atoms with Gasteiger partial charge in [0.2, 0.25) is 10.0 Å². The second-order valence-corrected chi connectivity index (χ2v) is 8.99. The summed E-state index contributed by atoms with van der Waals surface area (Å²) in [6, 6.07) is 7.13. The maximum atomic E-state index is 14.7. The van der Waals surface area contributed by atoms with Crippen molar-refractivity contribution in [2.24, 2.45) is 0 Å². The van der Waals surface area contributed by atoms with Gasteiger partial charge in [0.05, 0.1) is 34.2 Å². The lowest BCUT2D eigenvalue weighted by Gasteiger charge is -2.10. The zero-order valence-corrected chi connectivity index (χ0v) is 17.5. The zero-order chi connectivity index (χ0) is 21.6. The van der Waals surface area contributed by atoms with E-state index in [1.54, 1.807) is 35.3 Å². The van der Waals surface area contributed by atoms with E-state index in [4.69, 9.17) is 23.2 Å². The highest BCUT2D eigenvalue weighted by molar-refractivity contribution is 7.89. The predicted molar refractivity (Wildman–Crippen MR) is 111 cm³/mol. The summed E-state index contributed by atoms with van der Waals surface area (Å²) in [6.07, 6.45) is 4.01. The molecule has 0 radical (unpaired) electrons. The van der Waals surface area contributed by atoms with Gasteiger partial charge < -0.3 is 0 Å². The van der Waals surface area contributed by atoms with E-state index in [9.17, 15) is 17.6 Å². The molecule has 2 heterocycles. The molecule has 0 bridgehead atoms. The number of fused-ring (bicyclic) bond motifs is 1. The smallest absolute Gasteiger partial charge is 0.267 e. The summed E-state index contributed by atoms with van der Waals surface area (Å²) < 4.78 is 40.4. The Morgan fingerprint density at radius 2 is 2.00 bits per heavy atom. The first-order chi connectivity index (χ1) is 14.1. The number of nitrogens with one attached hydrogen (secondary N) is 2. The van der Waals surface area contributed by atoms with Crippen molar-refractivity contribution in [1.82, 2.24) is 24.7 Å². The van der Waals surface area contributed by atoms with E-state index in [-0.39, 0.29) is 10.7 Å². The minimum absolute atomic E-state index is 0.00635. The number of rotatable bonds is 4. The summed E-state index contributed by atoms with van der Waals surface area (Å²) in [6.45, 7) is 0. The van der Waals surface area contributed by atoms with E-state index >= 15 is 0 Å². The van der Waals surface area contributed by atoms with Crippen LogP contribution < -0.4 is 4.72 Å². The Balaban J connectivity index is 1.89. The maximum absolute atomic E-state index is 14.7. The van der Waals surface area contributed by atoms with Crippen LogP contribution in [-0.2, 0) is 10.0 Å². The molecule has 8 nitrogen and oxygen atoms in total. The number of aromatic amines is 1. The van der Waals surface area contributed by atoms with Crippen LogP contribution in [0.25, 0.3) is 27.8 Å². The third-order valence-corrected chi connectivity index (χ3v) is 5.29. The number of hydrogen-bond acceptors (Lipinski definition) is 5. The summed E-state index contributed by atoms with van der Waals surface area (Å²) in [5.74, 6) is -2.09. The van der Waals surface area contributed by atoms with Gasteiger partial charge in [-0.05, 0) is 24.3 Å². The first-order valence-electron chi connectivity index (χ1n) is 8.33. The number of H-pyrrole nitrogens is 1. The third-order valence-electron chi connectivity index (χ3n) is 4.20. The van der Waals surface area contributed by atoms with Gasteiger partial charge in [0.15, 0.2) is 0 Å². The first-order valence-corrected chi connectivity index (χ1v) is 11.0. The third kappa shape index (κ3) is 3.76. The largest absolute Gasteiger partial charge is 0.285 e. The molecule has 0 aliphatic rings. The van der Waals surface area contributed by atoms with Crippen LogP contribution in [0, 0.1) is 5.82 Å². The van der Waals surface area contributed by atoms with E-state index < -0.39 is 27.3 Å². The zero-order valence-electron chi connectivity index (χ0n) is 15.1. The van der Waals surface area contributed by atoms with Crippen molar-refractivity contribution in [3.8, 4) is 16.9 Å². The Bertz CT molecular complexity index is 1400. The monoisotopic (exact) mass is 467 g/mol. The van der Waals surface area contributed by atoms with Crippen molar-refractivity contribution in [2.45, 2.75) is 0 Å². The molecule has 2 aromatic carbocycles. The van der Waals surface area contributed by atoms with Crippen LogP contribution >= 0.6 is 23.2 Å². The molecule has 12 heteroatoms. The average molecular weight is 468 g/mol. The summed E-state index contributed by atoms with van der Waals surface area (Å²) >= 11 is 12.4. The van der Waals surface area contributed by atoms with Gasteiger partial charge in [-0.3, -0.25) is 9.89 Å². The van der Waals surface area contributed by atoms with E-state index in [0.717, 1.165) is 18.4 Å². The quantitative estimate of drug-likeness (QED) is 0.476. The van der Waals surface area contributed by atoms with Gasteiger partial charge in [-0.1, -0.05) is 23.2 Å². The Kier molecular flexibility index (Phi) is 5.00. The molecule has 0 unspecified atom stereocenters. The van der Waals surface area contributed by atoms with Gasteiger partial charge in [-0.2, -0.15) is 10.2 Å². The Labute approximate surface area is 179 Å². The molecule has 0 atom stereocenters. The van der Waals surface area contributed by atoms with Gasteiger partial charge in [-0.15, -0.1) is 0 Å². The molecule has 0 saturated heterocycles. The Morgan fingerprint density at radius 1 is 1.23 bits per heavy atom. The van der Waals surface area contributed by atoms with E-state index in [1.807, 2.05) is 0 Å². The molecule has 154 valence electrons.